The lowest BCUT2D eigenvalue weighted by atomic mass is 10.1. The number of fused-ring (bicyclic) bond motifs is 2. The third-order valence-electron chi connectivity index (χ3n) is 8.53. The Kier molecular flexibility index (Phi) is 14.2. The summed E-state index contributed by atoms with van der Waals surface area (Å²) >= 11 is 0. The first kappa shape index (κ1) is 39.8. The summed E-state index contributed by atoms with van der Waals surface area (Å²) < 4.78 is 77.8. The monoisotopic (exact) mass is 758 g/mol. The molecule has 14 nitrogen and oxygen atoms in total. The first-order valence-corrected chi connectivity index (χ1v) is 20.2. The molecule has 0 amide bonds. The van der Waals surface area contributed by atoms with Crippen LogP contribution in [0.25, 0.3) is 21.5 Å². The molecule has 1 fully saturated rings. The molecule has 0 unspecified atom stereocenters. The van der Waals surface area contributed by atoms with Gasteiger partial charge in [-0.3, -0.25) is 0 Å². The van der Waals surface area contributed by atoms with Gasteiger partial charge < -0.3 is 28.7 Å². The SMILES string of the molecule is CN(C)c1cccc2c(S(=O)(=O)NN3CCOCCOCCN(NS(=O)(=O)c4cccc5c(N(C)C)cccc45)CCOCCOCC3)cccc12. The van der Waals surface area contributed by atoms with Gasteiger partial charge in [-0.2, -0.15) is 0 Å². The highest BCUT2D eigenvalue weighted by molar-refractivity contribution is 7.90. The van der Waals surface area contributed by atoms with E-state index in [-0.39, 0.29) is 88.8 Å². The second-order valence-corrected chi connectivity index (χ2v) is 15.9. The highest BCUT2D eigenvalue weighted by Crippen LogP contribution is 2.31. The molecule has 5 rings (SSSR count). The van der Waals surface area contributed by atoms with Crippen molar-refractivity contribution in [2.24, 2.45) is 0 Å². The number of hydrogen-bond acceptors (Lipinski definition) is 12. The van der Waals surface area contributed by atoms with Crippen LogP contribution in [0, 0.1) is 0 Å². The lowest BCUT2D eigenvalue weighted by molar-refractivity contribution is 0.00276. The maximum Gasteiger partial charge on any atom is 0.254 e. The third-order valence-corrected chi connectivity index (χ3v) is 11.4. The van der Waals surface area contributed by atoms with E-state index in [2.05, 4.69) is 9.66 Å². The van der Waals surface area contributed by atoms with Crippen molar-refractivity contribution in [2.45, 2.75) is 9.79 Å². The molecule has 2 N–H and O–H groups in total. The fraction of sp³-hybridized carbons (Fsp3) is 0.444. The minimum absolute atomic E-state index is 0.184. The average Bonchev–Trinajstić information content (AvgIpc) is 3.11. The van der Waals surface area contributed by atoms with Crippen molar-refractivity contribution >= 4 is 53.0 Å². The van der Waals surface area contributed by atoms with Crippen LogP contribution < -0.4 is 19.5 Å². The van der Waals surface area contributed by atoms with Crippen LogP contribution in [0.1, 0.15) is 0 Å². The van der Waals surface area contributed by atoms with Crippen LogP contribution in [0.15, 0.2) is 82.6 Å². The molecule has 1 aliphatic heterocycles. The molecule has 0 radical (unpaired) electrons. The van der Waals surface area contributed by atoms with E-state index in [9.17, 15) is 16.8 Å². The highest BCUT2D eigenvalue weighted by Gasteiger charge is 2.23. The zero-order valence-corrected chi connectivity index (χ0v) is 31.9. The predicted molar refractivity (Wildman–Crippen MR) is 204 cm³/mol. The third kappa shape index (κ3) is 10.4. The molecule has 52 heavy (non-hydrogen) atoms. The number of benzene rings is 4. The molecular formula is C36H50N6O8S2. The largest absolute Gasteiger partial charge is 0.378 e. The summed E-state index contributed by atoms with van der Waals surface area (Å²) in [5, 5.41) is 6.09. The number of hydrogen-bond donors (Lipinski definition) is 2. The Bertz CT molecular complexity index is 1830. The summed E-state index contributed by atoms with van der Waals surface area (Å²) in [6.07, 6.45) is 0. The van der Waals surface area contributed by atoms with Crippen LogP contribution in [-0.4, -0.2) is 134 Å². The number of sulfonamides is 2. The molecule has 4 aromatic rings. The van der Waals surface area contributed by atoms with E-state index in [1.807, 2.05) is 86.5 Å². The van der Waals surface area contributed by atoms with Gasteiger partial charge in [0.15, 0.2) is 0 Å². The van der Waals surface area contributed by atoms with Gasteiger partial charge in [0, 0.05) is 87.3 Å². The van der Waals surface area contributed by atoms with Crippen molar-refractivity contribution in [1.29, 1.82) is 0 Å². The molecule has 1 saturated heterocycles. The Morgan fingerprint density at radius 2 is 0.769 bits per heavy atom. The van der Waals surface area contributed by atoms with E-state index in [1.54, 1.807) is 34.3 Å². The molecule has 0 spiro atoms. The van der Waals surface area contributed by atoms with Gasteiger partial charge in [0.25, 0.3) is 20.0 Å². The van der Waals surface area contributed by atoms with Gasteiger partial charge in [-0.05, 0) is 24.3 Å². The summed E-state index contributed by atoms with van der Waals surface area (Å²) in [5.74, 6) is 0. The summed E-state index contributed by atoms with van der Waals surface area (Å²) in [4.78, 5) is 9.74. The van der Waals surface area contributed by atoms with E-state index in [1.165, 1.54) is 0 Å². The average molecular weight is 759 g/mol. The zero-order chi connectivity index (χ0) is 37.1. The van der Waals surface area contributed by atoms with E-state index in [0.29, 0.717) is 10.8 Å². The van der Waals surface area contributed by atoms with Crippen molar-refractivity contribution in [3.8, 4) is 0 Å². The minimum atomic E-state index is -3.94. The van der Waals surface area contributed by atoms with Crippen molar-refractivity contribution in [3.63, 3.8) is 0 Å². The Hall–Kier alpha value is -3.42. The van der Waals surface area contributed by atoms with Gasteiger partial charge in [0.1, 0.15) is 0 Å². The summed E-state index contributed by atoms with van der Waals surface area (Å²) in [6, 6.07) is 21.7. The van der Waals surface area contributed by atoms with Crippen molar-refractivity contribution in [1.82, 2.24) is 19.7 Å². The molecule has 16 heteroatoms. The van der Waals surface area contributed by atoms with E-state index < -0.39 is 20.0 Å². The summed E-state index contributed by atoms with van der Waals surface area (Å²) in [7, 11) is -0.187. The molecule has 284 valence electrons. The van der Waals surface area contributed by atoms with E-state index in [4.69, 9.17) is 18.9 Å². The molecule has 4 aromatic carbocycles. The number of rotatable bonds is 8. The number of ether oxygens (including phenoxy) is 4. The smallest absolute Gasteiger partial charge is 0.254 e. The van der Waals surface area contributed by atoms with Crippen LogP contribution in [0.5, 0.6) is 0 Å². The lowest BCUT2D eigenvalue weighted by Crippen LogP contribution is -2.46. The molecule has 0 atom stereocenters. The Labute approximate surface area is 307 Å². The lowest BCUT2D eigenvalue weighted by Gasteiger charge is -2.25. The Balaban J connectivity index is 1.19. The summed E-state index contributed by atoms with van der Waals surface area (Å²) in [5.41, 5.74) is 1.84. The Morgan fingerprint density at radius 1 is 0.462 bits per heavy atom. The van der Waals surface area contributed by atoms with E-state index in [0.717, 1.165) is 22.1 Å². The number of nitrogens with zero attached hydrogens (tertiary/aromatic N) is 4. The second-order valence-electron chi connectivity index (χ2n) is 12.7. The second kappa shape index (κ2) is 18.6. The molecule has 0 bridgehead atoms. The zero-order valence-electron chi connectivity index (χ0n) is 30.3. The number of hydrazine groups is 2. The fourth-order valence-corrected chi connectivity index (χ4v) is 8.66. The van der Waals surface area contributed by atoms with Gasteiger partial charge >= 0.3 is 0 Å². The van der Waals surface area contributed by atoms with E-state index >= 15 is 0 Å². The number of anilines is 2. The first-order chi connectivity index (χ1) is 25.0. The molecule has 0 saturated carbocycles. The topological polar surface area (TPSA) is 142 Å². The molecule has 1 heterocycles. The first-order valence-electron chi connectivity index (χ1n) is 17.2. The van der Waals surface area contributed by atoms with Crippen LogP contribution in [0.4, 0.5) is 11.4 Å². The van der Waals surface area contributed by atoms with Gasteiger partial charge in [-0.25, -0.2) is 26.9 Å². The maximum atomic E-state index is 13.7. The van der Waals surface area contributed by atoms with Crippen molar-refractivity contribution in [3.05, 3.63) is 72.8 Å². The molecule has 0 aliphatic carbocycles. The molecular weight excluding hydrogens is 709 g/mol. The Morgan fingerprint density at radius 3 is 1.10 bits per heavy atom. The van der Waals surface area contributed by atoms with Crippen LogP contribution in [0.3, 0.4) is 0 Å². The normalized spacial score (nSPS) is 17.5. The molecule has 0 aromatic heterocycles. The fourth-order valence-electron chi connectivity index (χ4n) is 5.97. The van der Waals surface area contributed by atoms with Gasteiger partial charge in [0.05, 0.1) is 62.6 Å². The highest BCUT2D eigenvalue weighted by atomic mass is 32.2. The van der Waals surface area contributed by atoms with Crippen molar-refractivity contribution in [2.75, 3.05) is 117 Å². The molecule has 1 aliphatic rings. The van der Waals surface area contributed by atoms with Crippen LogP contribution in [0.2, 0.25) is 0 Å². The number of nitrogens with one attached hydrogen (secondary N) is 2. The van der Waals surface area contributed by atoms with Gasteiger partial charge in [-0.1, -0.05) is 48.5 Å². The predicted octanol–water partition coefficient (Wildman–Crippen LogP) is 2.90. The van der Waals surface area contributed by atoms with Crippen molar-refractivity contribution < 1.29 is 35.8 Å². The standard InChI is InChI=1S/C36H50N6O8S2/c1-39(2)33-13-5-11-31-29(33)9-7-15-35(31)51(43,44)37-41-17-21-47-25-27-49-23-19-42(20-24-50-28-26-48-22-18-41)38-52(45,46)36-16-8-10-30-32(36)12-6-14-34(30)40(3)4/h5-16,37-38H,17-28H2,1-4H3. The minimum Gasteiger partial charge on any atom is -0.378 e. The van der Waals surface area contributed by atoms with Crippen LogP contribution >= 0.6 is 0 Å². The quantitative estimate of drug-likeness (QED) is 0.273. The summed E-state index contributed by atoms with van der Waals surface area (Å²) in [6.45, 7) is 3.12. The van der Waals surface area contributed by atoms with Gasteiger partial charge in [0.2, 0.25) is 0 Å². The maximum absolute atomic E-state index is 13.7. The van der Waals surface area contributed by atoms with Crippen LogP contribution in [-0.2, 0) is 39.0 Å². The van der Waals surface area contributed by atoms with Gasteiger partial charge in [-0.15, -0.1) is 9.66 Å².